The number of carbonyl (C=O) groups is 1. The molecule has 0 saturated heterocycles. The van der Waals surface area contributed by atoms with Crippen molar-refractivity contribution in [1.82, 2.24) is 15.1 Å². The molecule has 1 fully saturated rings. The van der Waals surface area contributed by atoms with Gasteiger partial charge in [0.15, 0.2) is 0 Å². The number of nitrogens with zero attached hydrogens (tertiary/aromatic N) is 2. The number of rotatable bonds is 5. The lowest BCUT2D eigenvalue weighted by atomic mass is 9.95. The SMILES string of the molecule is C[C@H](Cn1cccn1)NC(=O)C1(c2ccccc2)CC1. The molecule has 0 bridgehead atoms. The molecule has 2 aromatic rings. The molecule has 1 heterocycles. The summed E-state index contributed by atoms with van der Waals surface area (Å²) in [6.07, 6.45) is 5.54. The fourth-order valence-electron chi connectivity index (χ4n) is 2.63. The molecular weight excluding hydrogens is 250 g/mol. The van der Waals surface area contributed by atoms with Crippen molar-refractivity contribution in [3.8, 4) is 0 Å². The highest BCUT2D eigenvalue weighted by atomic mass is 16.2. The molecule has 20 heavy (non-hydrogen) atoms. The van der Waals surface area contributed by atoms with E-state index in [1.54, 1.807) is 6.20 Å². The van der Waals surface area contributed by atoms with Crippen molar-refractivity contribution < 1.29 is 4.79 Å². The zero-order chi connectivity index (χ0) is 14.0. The van der Waals surface area contributed by atoms with Crippen LogP contribution in [0, 0.1) is 0 Å². The zero-order valence-electron chi connectivity index (χ0n) is 11.6. The number of nitrogens with one attached hydrogen (secondary N) is 1. The summed E-state index contributed by atoms with van der Waals surface area (Å²) < 4.78 is 1.84. The molecule has 1 aliphatic rings. The lowest BCUT2D eigenvalue weighted by Crippen LogP contribution is -2.42. The van der Waals surface area contributed by atoms with Crippen LogP contribution in [0.1, 0.15) is 25.3 Å². The first kappa shape index (κ1) is 12.9. The van der Waals surface area contributed by atoms with E-state index in [1.807, 2.05) is 54.2 Å². The molecule has 1 aliphatic carbocycles. The molecule has 0 spiro atoms. The Balaban J connectivity index is 1.65. The number of carbonyl (C=O) groups excluding carboxylic acids is 1. The summed E-state index contributed by atoms with van der Waals surface area (Å²) in [4.78, 5) is 12.5. The van der Waals surface area contributed by atoms with Crippen LogP contribution in [0.2, 0.25) is 0 Å². The van der Waals surface area contributed by atoms with Gasteiger partial charge >= 0.3 is 0 Å². The van der Waals surface area contributed by atoms with Gasteiger partial charge in [-0.2, -0.15) is 5.10 Å². The van der Waals surface area contributed by atoms with Crippen LogP contribution in [-0.4, -0.2) is 21.7 Å². The molecule has 0 radical (unpaired) electrons. The van der Waals surface area contributed by atoms with Crippen LogP contribution >= 0.6 is 0 Å². The van der Waals surface area contributed by atoms with E-state index in [1.165, 1.54) is 0 Å². The molecule has 0 unspecified atom stereocenters. The number of aromatic nitrogens is 2. The Bertz CT molecular complexity index is 573. The predicted molar refractivity (Wildman–Crippen MR) is 77.2 cm³/mol. The first-order valence-electron chi connectivity index (χ1n) is 7.05. The van der Waals surface area contributed by atoms with Crippen LogP contribution in [0.5, 0.6) is 0 Å². The molecule has 1 saturated carbocycles. The molecule has 1 amide bonds. The summed E-state index contributed by atoms with van der Waals surface area (Å²) in [5, 5.41) is 7.28. The number of hydrogen-bond donors (Lipinski definition) is 1. The van der Waals surface area contributed by atoms with E-state index in [0.29, 0.717) is 6.54 Å². The minimum Gasteiger partial charge on any atom is -0.351 e. The first-order valence-corrected chi connectivity index (χ1v) is 7.05. The summed E-state index contributed by atoms with van der Waals surface area (Å²) in [5.41, 5.74) is 0.836. The van der Waals surface area contributed by atoms with Gasteiger partial charge in [-0.25, -0.2) is 0 Å². The largest absolute Gasteiger partial charge is 0.351 e. The van der Waals surface area contributed by atoms with Gasteiger partial charge in [0.25, 0.3) is 0 Å². The van der Waals surface area contributed by atoms with E-state index in [9.17, 15) is 4.79 Å². The Labute approximate surface area is 118 Å². The van der Waals surface area contributed by atoms with Crippen molar-refractivity contribution >= 4 is 5.91 Å². The molecule has 4 heteroatoms. The van der Waals surface area contributed by atoms with Gasteiger partial charge in [0.1, 0.15) is 0 Å². The van der Waals surface area contributed by atoms with Crippen LogP contribution in [0.4, 0.5) is 0 Å². The standard InChI is InChI=1S/C16H19N3O/c1-13(12-19-11-5-10-17-19)18-15(20)16(8-9-16)14-6-3-2-4-7-14/h2-7,10-11,13H,8-9,12H2,1H3,(H,18,20)/t13-/m1/s1. The van der Waals surface area contributed by atoms with Crippen molar-refractivity contribution in [3.05, 3.63) is 54.4 Å². The highest BCUT2D eigenvalue weighted by molar-refractivity contribution is 5.91. The third kappa shape index (κ3) is 2.46. The highest BCUT2D eigenvalue weighted by Gasteiger charge is 2.51. The Kier molecular flexibility index (Phi) is 3.30. The van der Waals surface area contributed by atoms with Crippen LogP contribution in [-0.2, 0) is 16.8 Å². The van der Waals surface area contributed by atoms with Crippen LogP contribution in [0.15, 0.2) is 48.8 Å². The first-order chi connectivity index (χ1) is 9.71. The topological polar surface area (TPSA) is 46.9 Å². The molecule has 1 atom stereocenters. The lowest BCUT2D eigenvalue weighted by Gasteiger charge is -2.20. The molecule has 1 aromatic carbocycles. The fourth-order valence-corrected chi connectivity index (χ4v) is 2.63. The molecule has 0 aliphatic heterocycles. The molecule has 1 aromatic heterocycles. The smallest absolute Gasteiger partial charge is 0.230 e. The second-order valence-corrected chi connectivity index (χ2v) is 5.55. The Morgan fingerprint density at radius 3 is 2.70 bits per heavy atom. The number of hydrogen-bond acceptors (Lipinski definition) is 2. The van der Waals surface area contributed by atoms with Crippen LogP contribution in [0.3, 0.4) is 0 Å². The van der Waals surface area contributed by atoms with Gasteiger partial charge in [-0.1, -0.05) is 30.3 Å². The van der Waals surface area contributed by atoms with E-state index in [2.05, 4.69) is 10.4 Å². The van der Waals surface area contributed by atoms with E-state index in [4.69, 9.17) is 0 Å². The minimum absolute atomic E-state index is 0.0728. The van der Waals surface area contributed by atoms with Crippen molar-refractivity contribution in [2.75, 3.05) is 0 Å². The minimum atomic E-state index is -0.292. The van der Waals surface area contributed by atoms with Crippen molar-refractivity contribution in [1.29, 1.82) is 0 Å². The maximum absolute atomic E-state index is 12.5. The van der Waals surface area contributed by atoms with E-state index >= 15 is 0 Å². The van der Waals surface area contributed by atoms with Gasteiger partial charge in [0.05, 0.1) is 12.0 Å². The maximum Gasteiger partial charge on any atom is 0.230 e. The quantitative estimate of drug-likeness (QED) is 0.903. The molecule has 1 N–H and O–H groups in total. The third-order valence-corrected chi connectivity index (χ3v) is 3.91. The van der Waals surface area contributed by atoms with Gasteiger partial charge < -0.3 is 5.32 Å². The lowest BCUT2D eigenvalue weighted by molar-refractivity contribution is -0.124. The van der Waals surface area contributed by atoms with Crippen molar-refractivity contribution in [3.63, 3.8) is 0 Å². The average Bonchev–Trinajstić information content (AvgIpc) is 3.13. The summed E-state index contributed by atoms with van der Waals surface area (Å²) in [5.74, 6) is 0.142. The van der Waals surface area contributed by atoms with E-state index in [0.717, 1.165) is 18.4 Å². The number of benzene rings is 1. The summed E-state index contributed by atoms with van der Waals surface area (Å²) in [6, 6.07) is 12.0. The van der Waals surface area contributed by atoms with Crippen molar-refractivity contribution in [2.45, 2.75) is 37.8 Å². The van der Waals surface area contributed by atoms with Crippen LogP contribution in [0.25, 0.3) is 0 Å². The summed E-state index contributed by atoms with van der Waals surface area (Å²) in [6.45, 7) is 2.71. The molecular formula is C16H19N3O. The highest BCUT2D eigenvalue weighted by Crippen LogP contribution is 2.48. The van der Waals surface area contributed by atoms with Gasteiger partial charge in [-0.3, -0.25) is 9.48 Å². The van der Waals surface area contributed by atoms with Gasteiger partial charge in [0, 0.05) is 18.4 Å². The van der Waals surface area contributed by atoms with E-state index < -0.39 is 0 Å². The predicted octanol–water partition coefficient (Wildman–Crippen LogP) is 2.12. The second-order valence-electron chi connectivity index (χ2n) is 5.55. The summed E-state index contributed by atoms with van der Waals surface area (Å²) in [7, 11) is 0. The second kappa shape index (κ2) is 5.12. The van der Waals surface area contributed by atoms with Gasteiger partial charge in [-0.15, -0.1) is 0 Å². The Hall–Kier alpha value is -2.10. The monoisotopic (exact) mass is 269 g/mol. The molecule has 3 rings (SSSR count). The Morgan fingerprint density at radius 1 is 1.35 bits per heavy atom. The van der Waals surface area contributed by atoms with E-state index in [-0.39, 0.29) is 17.4 Å². The average molecular weight is 269 g/mol. The van der Waals surface area contributed by atoms with Crippen molar-refractivity contribution in [2.24, 2.45) is 0 Å². The third-order valence-electron chi connectivity index (χ3n) is 3.91. The number of amides is 1. The Morgan fingerprint density at radius 2 is 2.10 bits per heavy atom. The van der Waals surface area contributed by atoms with Gasteiger partial charge in [-0.05, 0) is 31.4 Å². The summed E-state index contributed by atoms with van der Waals surface area (Å²) >= 11 is 0. The van der Waals surface area contributed by atoms with Crippen LogP contribution < -0.4 is 5.32 Å². The normalized spacial score (nSPS) is 17.4. The molecule has 4 nitrogen and oxygen atoms in total. The van der Waals surface area contributed by atoms with Gasteiger partial charge in [0.2, 0.25) is 5.91 Å². The maximum atomic E-state index is 12.5. The zero-order valence-corrected chi connectivity index (χ0v) is 11.6. The molecule has 104 valence electrons. The fraction of sp³-hybridized carbons (Fsp3) is 0.375.